The van der Waals surface area contributed by atoms with Gasteiger partial charge in [-0.3, -0.25) is 24.1 Å². The van der Waals surface area contributed by atoms with Crippen LogP contribution in [0.3, 0.4) is 0 Å². The summed E-state index contributed by atoms with van der Waals surface area (Å²) in [6.07, 6.45) is 3.95. The van der Waals surface area contributed by atoms with Crippen molar-refractivity contribution in [3.8, 4) is 0 Å². The summed E-state index contributed by atoms with van der Waals surface area (Å²) in [5.41, 5.74) is 1.13. The van der Waals surface area contributed by atoms with Crippen LogP contribution in [0.2, 0.25) is 0 Å². The predicted molar refractivity (Wildman–Crippen MR) is 201 cm³/mol. The summed E-state index contributed by atoms with van der Waals surface area (Å²) in [5, 5.41) is 5.50. The minimum Gasteiger partial charge on any atom is -0.616 e. The molecular weight excluding hydrogens is 655 g/mol. The highest BCUT2D eigenvalue weighted by Crippen LogP contribution is 2.29. The molecule has 0 aromatic heterocycles. The predicted octanol–water partition coefficient (Wildman–Crippen LogP) is 3.48. The van der Waals surface area contributed by atoms with Gasteiger partial charge in [0.2, 0.25) is 23.6 Å². The van der Waals surface area contributed by atoms with Gasteiger partial charge in [0.1, 0.15) is 11.3 Å². The minimum absolute atomic E-state index is 0.0137. The van der Waals surface area contributed by atoms with Gasteiger partial charge in [-0.1, -0.05) is 89.5 Å². The summed E-state index contributed by atoms with van der Waals surface area (Å²) < 4.78 is 19.0. The summed E-state index contributed by atoms with van der Waals surface area (Å²) >= 11 is -1.34. The van der Waals surface area contributed by atoms with E-state index >= 15 is 0 Å². The first-order valence-corrected chi connectivity index (χ1v) is 19.9. The van der Waals surface area contributed by atoms with Crippen molar-refractivity contribution in [2.45, 2.75) is 116 Å². The highest BCUT2D eigenvalue weighted by molar-refractivity contribution is 7.91. The second-order valence-corrected chi connectivity index (χ2v) is 16.4. The SMILES string of the molecule is CCC(C)C(C(CC(=O)N1CCCC1C(CC(=O)NCCc1ccccc1)[S+](C)[O-])OC)N(C)C(=O)C(NC(=O)C(C(C)C)N(C)C)C(C)C. The summed E-state index contributed by atoms with van der Waals surface area (Å²) in [5.74, 6) is -0.880. The number of carbonyl (C=O) groups excluding carboxylic acids is 4. The average molecular weight is 720 g/mol. The fourth-order valence-electron chi connectivity index (χ4n) is 7.33. The van der Waals surface area contributed by atoms with Crippen molar-refractivity contribution in [3.05, 3.63) is 35.9 Å². The highest BCUT2D eigenvalue weighted by atomic mass is 32.2. The van der Waals surface area contributed by atoms with E-state index in [1.807, 2.05) is 90.9 Å². The Bertz CT molecular complexity index is 1210. The lowest BCUT2D eigenvalue weighted by atomic mass is 9.89. The third-order valence-corrected chi connectivity index (χ3v) is 11.5. The first-order valence-electron chi connectivity index (χ1n) is 18.2. The first-order chi connectivity index (χ1) is 23.5. The van der Waals surface area contributed by atoms with Gasteiger partial charge in [-0.05, 0) is 56.7 Å². The number of amides is 4. The van der Waals surface area contributed by atoms with Gasteiger partial charge in [0.15, 0.2) is 0 Å². The maximum Gasteiger partial charge on any atom is 0.245 e. The Morgan fingerprint density at radius 3 is 2.18 bits per heavy atom. The van der Waals surface area contributed by atoms with Crippen LogP contribution in [0, 0.1) is 17.8 Å². The van der Waals surface area contributed by atoms with Gasteiger partial charge in [-0.2, -0.15) is 0 Å². The number of likely N-dealkylation sites (tertiary alicyclic amines) is 1. The van der Waals surface area contributed by atoms with E-state index in [1.54, 1.807) is 30.2 Å². The fourth-order valence-corrected chi connectivity index (χ4v) is 8.44. The number of hydrogen-bond acceptors (Lipinski definition) is 7. The number of methoxy groups -OCH3 is 1. The van der Waals surface area contributed by atoms with Crippen LogP contribution in [0.5, 0.6) is 0 Å². The molecule has 0 bridgehead atoms. The van der Waals surface area contributed by atoms with Crippen LogP contribution in [0.15, 0.2) is 30.3 Å². The molecule has 1 aliphatic heterocycles. The number of likely N-dealkylation sites (N-methyl/N-ethyl adjacent to an activating group) is 2. The van der Waals surface area contributed by atoms with Gasteiger partial charge >= 0.3 is 0 Å². The van der Waals surface area contributed by atoms with Crippen LogP contribution in [0.1, 0.15) is 79.2 Å². The number of rotatable bonds is 20. The molecule has 2 rings (SSSR count). The molecule has 1 aromatic rings. The van der Waals surface area contributed by atoms with Crippen molar-refractivity contribution in [2.75, 3.05) is 47.6 Å². The lowest BCUT2D eigenvalue weighted by Crippen LogP contribution is -2.59. The topological polar surface area (TPSA) is 134 Å². The maximum absolute atomic E-state index is 14.2. The van der Waals surface area contributed by atoms with E-state index in [9.17, 15) is 23.7 Å². The van der Waals surface area contributed by atoms with Crippen LogP contribution in [0.25, 0.3) is 0 Å². The average Bonchev–Trinajstić information content (AvgIpc) is 3.54. The molecule has 12 heteroatoms. The second kappa shape index (κ2) is 21.0. The molecule has 0 saturated carbocycles. The molecule has 4 amide bonds. The Hall–Kier alpha value is -2.67. The summed E-state index contributed by atoms with van der Waals surface area (Å²) in [7, 11) is 7.00. The van der Waals surface area contributed by atoms with Crippen LogP contribution < -0.4 is 10.6 Å². The summed E-state index contributed by atoms with van der Waals surface area (Å²) in [4.78, 5) is 59.9. The van der Waals surface area contributed by atoms with Gasteiger partial charge < -0.3 is 29.7 Å². The standard InChI is InChI=1S/C38H65N5O6S/c1-12-27(6)36(42(9)38(47)34(25(2)3)40-37(46)35(26(4)5)41(7)8)30(49-10)23-33(45)43-22-16-19-29(43)31(50(11)48)24-32(44)39-21-20-28-17-14-13-15-18-28/h13-15,17-18,25-27,29-31,34-36H,12,16,19-24H2,1-11H3,(H,39,44)(H,40,46). The van der Waals surface area contributed by atoms with Gasteiger partial charge in [0.25, 0.3) is 0 Å². The lowest BCUT2D eigenvalue weighted by molar-refractivity contribution is -0.146. The van der Waals surface area contributed by atoms with Crippen molar-refractivity contribution >= 4 is 34.8 Å². The molecule has 0 radical (unpaired) electrons. The molecule has 1 fully saturated rings. The maximum atomic E-state index is 14.2. The van der Waals surface area contributed by atoms with E-state index in [0.29, 0.717) is 25.9 Å². The number of benzene rings is 1. The number of nitrogens with zero attached hydrogens (tertiary/aromatic N) is 3. The quantitative estimate of drug-likeness (QED) is 0.197. The molecule has 2 N–H and O–H groups in total. The van der Waals surface area contributed by atoms with Crippen molar-refractivity contribution < 1.29 is 28.5 Å². The van der Waals surface area contributed by atoms with Crippen molar-refractivity contribution in [1.82, 2.24) is 25.3 Å². The van der Waals surface area contributed by atoms with Crippen LogP contribution in [0.4, 0.5) is 0 Å². The Morgan fingerprint density at radius 2 is 1.66 bits per heavy atom. The van der Waals surface area contributed by atoms with Crippen molar-refractivity contribution in [2.24, 2.45) is 17.8 Å². The molecular formula is C38H65N5O6S. The largest absolute Gasteiger partial charge is 0.616 e. The first kappa shape index (κ1) is 43.5. The van der Waals surface area contributed by atoms with Crippen LogP contribution in [-0.2, 0) is 41.5 Å². The smallest absolute Gasteiger partial charge is 0.245 e. The van der Waals surface area contributed by atoms with E-state index < -0.39 is 34.6 Å². The van der Waals surface area contributed by atoms with Gasteiger partial charge in [-0.25, -0.2) is 0 Å². The lowest BCUT2D eigenvalue weighted by Gasteiger charge is -2.41. The van der Waals surface area contributed by atoms with E-state index in [2.05, 4.69) is 10.6 Å². The number of nitrogens with one attached hydrogen (secondary N) is 2. The molecule has 8 unspecified atom stereocenters. The zero-order valence-electron chi connectivity index (χ0n) is 32.4. The Balaban J connectivity index is 2.21. The Kier molecular flexibility index (Phi) is 18.3. The molecule has 11 nitrogen and oxygen atoms in total. The zero-order valence-corrected chi connectivity index (χ0v) is 33.3. The van der Waals surface area contributed by atoms with Crippen LogP contribution >= 0.6 is 0 Å². The number of ether oxygens (including phenoxy) is 1. The van der Waals surface area contributed by atoms with Gasteiger partial charge in [0.05, 0.1) is 43.3 Å². The van der Waals surface area contributed by atoms with E-state index in [0.717, 1.165) is 18.4 Å². The number of hydrogen-bond donors (Lipinski definition) is 2. The molecule has 1 aromatic carbocycles. The number of carbonyl (C=O) groups is 4. The van der Waals surface area contributed by atoms with Gasteiger partial charge in [-0.15, -0.1) is 0 Å². The third kappa shape index (κ3) is 12.2. The third-order valence-electron chi connectivity index (χ3n) is 10.2. The normalized spacial score (nSPS) is 19.1. The molecule has 8 atom stereocenters. The monoisotopic (exact) mass is 719 g/mol. The minimum atomic E-state index is -1.34. The molecule has 0 spiro atoms. The molecule has 0 aliphatic carbocycles. The second-order valence-electron chi connectivity index (χ2n) is 14.8. The van der Waals surface area contributed by atoms with Gasteiger partial charge in [0, 0.05) is 27.2 Å². The molecule has 1 heterocycles. The van der Waals surface area contributed by atoms with E-state index in [-0.39, 0.29) is 66.3 Å². The zero-order chi connectivity index (χ0) is 37.7. The molecule has 284 valence electrons. The van der Waals surface area contributed by atoms with Crippen molar-refractivity contribution in [1.29, 1.82) is 0 Å². The molecule has 1 aliphatic rings. The molecule has 1 saturated heterocycles. The fraction of sp³-hybridized carbons (Fsp3) is 0.737. The summed E-state index contributed by atoms with van der Waals surface area (Å²) in [6, 6.07) is 7.99. The van der Waals surface area contributed by atoms with E-state index in [4.69, 9.17) is 4.74 Å². The Labute approximate surface area is 304 Å². The highest BCUT2D eigenvalue weighted by Gasteiger charge is 2.43. The molecule has 50 heavy (non-hydrogen) atoms. The van der Waals surface area contributed by atoms with Crippen molar-refractivity contribution in [3.63, 3.8) is 0 Å². The summed E-state index contributed by atoms with van der Waals surface area (Å²) in [6.45, 7) is 12.9. The van der Waals surface area contributed by atoms with E-state index in [1.165, 1.54) is 0 Å². The van der Waals surface area contributed by atoms with Crippen LogP contribution in [-0.4, -0.2) is 126 Å². The Morgan fingerprint density at radius 1 is 1.02 bits per heavy atom.